The second kappa shape index (κ2) is 9.28. The van der Waals surface area contributed by atoms with Crippen molar-refractivity contribution in [3.63, 3.8) is 0 Å². The fourth-order valence-electron chi connectivity index (χ4n) is 2.66. The van der Waals surface area contributed by atoms with Crippen LogP contribution in [0.1, 0.15) is 25.2 Å². The lowest BCUT2D eigenvalue weighted by Crippen LogP contribution is -2.31. The van der Waals surface area contributed by atoms with Crippen molar-refractivity contribution in [3.8, 4) is 11.4 Å². The second-order valence-electron chi connectivity index (χ2n) is 7.00. The van der Waals surface area contributed by atoms with Gasteiger partial charge in [-0.1, -0.05) is 12.1 Å². The molecular weight excluding hydrogens is 372 g/mol. The Bertz CT molecular complexity index is 949. The first-order valence-electron chi connectivity index (χ1n) is 9.37. The fourth-order valence-corrected chi connectivity index (χ4v) is 2.66. The summed E-state index contributed by atoms with van der Waals surface area (Å²) in [4.78, 5) is 14.4. The summed E-state index contributed by atoms with van der Waals surface area (Å²) in [7, 11) is 3.61. The SMILES string of the molecule is COc1ccccc1-n1cc(CNC(=O)Cn2nnnc2CN(C)C(C)C)cn1. The molecule has 0 unspecified atom stereocenters. The molecule has 0 fully saturated rings. The Morgan fingerprint density at radius 1 is 1.31 bits per heavy atom. The molecular formula is C19H26N8O2. The Labute approximate surface area is 169 Å². The van der Waals surface area contributed by atoms with Gasteiger partial charge in [-0.05, 0) is 43.5 Å². The van der Waals surface area contributed by atoms with Crippen molar-refractivity contribution in [2.24, 2.45) is 0 Å². The summed E-state index contributed by atoms with van der Waals surface area (Å²) < 4.78 is 8.61. The highest BCUT2D eigenvalue weighted by Gasteiger charge is 2.14. The first-order valence-corrected chi connectivity index (χ1v) is 9.37. The molecule has 3 rings (SSSR count). The molecule has 0 atom stereocenters. The van der Waals surface area contributed by atoms with E-state index in [1.165, 1.54) is 4.68 Å². The smallest absolute Gasteiger partial charge is 0.242 e. The van der Waals surface area contributed by atoms with Crippen LogP contribution in [0.15, 0.2) is 36.7 Å². The maximum absolute atomic E-state index is 12.3. The number of methoxy groups -OCH3 is 1. The lowest BCUT2D eigenvalue weighted by molar-refractivity contribution is -0.122. The zero-order valence-electron chi connectivity index (χ0n) is 17.1. The van der Waals surface area contributed by atoms with E-state index in [4.69, 9.17) is 4.74 Å². The second-order valence-corrected chi connectivity index (χ2v) is 7.00. The minimum Gasteiger partial charge on any atom is -0.494 e. The lowest BCUT2D eigenvalue weighted by Gasteiger charge is -2.19. The van der Waals surface area contributed by atoms with E-state index in [0.29, 0.717) is 25.0 Å². The molecule has 0 bridgehead atoms. The molecule has 3 aromatic rings. The molecule has 0 aliphatic carbocycles. The molecule has 0 aliphatic heterocycles. The van der Waals surface area contributed by atoms with Crippen LogP contribution in [0.3, 0.4) is 0 Å². The third-order valence-electron chi connectivity index (χ3n) is 4.63. The van der Waals surface area contributed by atoms with Crippen molar-refractivity contribution in [3.05, 3.63) is 48.0 Å². The zero-order valence-corrected chi connectivity index (χ0v) is 17.1. The van der Waals surface area contributed by atoms with Crippen LogP contribution >= 0.6 is 0 Å². The van der Waals surface area contributed by atoms with Gasteiger partial charge >= 0.3 is 0 Å². The predicted molar refractivity (Wildman–Crippen MR) is 106 cm³/mol. The monoisotopic (exact) mass is 398 g/mol. The van der Waals surface area contributed by atoms with Crippen LogP contribution in [0.2, 0.25) is 0 Å². The molecule has 0 aliphatic rings. The van der Waals surface area contributed by atoms with E-state index in [1.807, 2.05) is 37.5 Å². The molecule has 0 radical (unpaired) electrons. The number of amides is 1. The average Bonchev–Trinajstić information content (AvgIpc) is 3.36. The van der Waals surface area contributed by atoms with E-state index < -0.39 is 0 Å². The van der Waals surface area contributed by atoms with Gasteiger partial charge in [0.2, 0.25) is 5.91 Å². The van der Waals surface area contributed by atoms with Crippen LogP contribution in [-0.4, -0.2) is 61.0 Å². The molecule has 10 nitrogen and oxygen atoms in total. The summed E-state index contributed by atoms with van der Waals surface area (Å²) in [6, 6.07) is 7.97. The number of ether oxygens (including phenoxy) is 1. The number of nitrogens with one attached hydrogen (secondary N) is 1. The molecule has 1 amide bonds. The quantitative estimate of drug-likeness (QED) is 0.574. The van der Waals surface area contributed by atoms with Gasteiger partial charge in [-0.2, -0.15) is 5.10 Å². The number of hydrogen-bond acceptors (Lipinski definition) is 7. The van der Waals surface area contributed by atoms with E-state index in [2.05, 4.69) is 44.7 Å². The summed E-state index contributed by atoms with van der Waals surface area (Å²) in [6.07, 6.45) is 3.57. The van der Waals surface area contributed by atoms with E-state index in [0.717, 1.165) is 17.0 Å². The lowest BCUT2D eigenvalue weighted by atomic mass is 10.3. The topological polar surface area (TPSA) is 103 Å². The Kier molecular flexibility index (Phi) is 6.55. The maximum Gasteiger partial charge on any atom is 0.242 e. The molecule has 10 heteroatoms. The van der Waals surface area contributed by atoms with Crippen molar-refractivity contribution < 1.29 is 9.53 Å². The van der Waals surface area contributed by atoms with Crippen LogP contribution in [0.5, 0.6) is 5.75 Å². The van der Waals surface area contributed by atoms with Gasteiger partial charge in [0.1, 0.15) is 18.0 Å². The highest BCUT2D eigenvalue weighted by Crippen LogP contribution is 2.21. The molecule has 1 aromatic carbocycles. The zero-order chi connectivity index (χ0) is 20.8. The summed E-state index contributed by atoms with van der Waals surface area (Å²) in [6.45, 7) is 5.17. The van der Waals surface area contributed by atoms with Gasteiger partial charge in [0.05, 0.1) is 19.9 Å². The molecule has 0 saturated heterocycles. The van der Waals surface area contributed by atoms with Crippen LogP contribution in [0.25, 0.3) is 5.69 Å². The summed E-state index contributed by atoms with van der Waals surface area (Å²) in [5.41, 5.74) is 1.71. The first kappa shape index (κ1) is 20.5. The number of carbonyl (C=O) groups is 1. The van der Waals surface area contributed by atoms with E-state index >= 15 is 0 Å². The van der Waals surface area contributed by atoms with Crippen LogP contribution in [0.4, 0.5) is 0 Å². The Balaban J connectivity index is 1.57. The molecule has 0 spiro atoms. The van der Waals surface area contributed by atoms with Crippen molar-refractivity contribution in [1.82, 2.24) is 40.2 Å². The molecule has 29 heavy (non-hydrogen) atoms. The van der Waals surface area contributed by atoms with Crippen molar-refractivity contribution in [2.45, 2.75) is 39.5 Å². The molecule has 2 heterocycles. The maximum atomic E-state index is 12.3. The minimum absolute atomic E-state index is 0.0644. The number of nitrogens with zero attached hydrogens (tertiary/aromatic N) is 7. The summed E-state index contributed by atoms with van der Waals surface area (Å²) in [5, 5.41) is 18.9. The predicted octanol–water partition coefficient (Wildman–Crippen LogP) is 1.02. The van der Waals surface area contributed by atoms with Gasteiger partial charge in [0.25, 0.3) is 0 Å². The molecule has 1 N–H and O–H groups in total. The Hall–Kier alpha value is -3.27. The fraction of sp³-hybridized carbons (Fsp3) is 0.421. The molecule has 0 saturated carbocycles. The number of aromatic nitrogens is 6. The van der Waals surface area contributed by atoms with Crippen LogP contribution in [0, 0.1) is 0 Å². The average molecular weight is 398 g/mol. The third kappa shape index (κ3) is 5.17. The Morgan fingerprint density at radius 2 is 2.10 bits per heavy atom. The minimum atomic E-state index is -0.171. The summed E-state index contributed by atoms with van der Waals surface area (Å²) in [5.74, 6) is 1.21. The van der Waals surface area contributed by atoms with Gasteiger partial charge in [-0.3, -0.25) is 9.69 Å². The standard InChI is InChI=1S/C19H26N8O2/c1-14(2)25(3)12-18-22-23-24-27(18)13-19(28)20-9-15-10-21-26(11-15)16-7-5-6-8-17(16)29-4/h5-8,10-11,14H,9,12-13H2,1-4H3,(H,20,28). The number of carbonyl (C=O) groups excluding carboxylic acids is 1. The molecule has 154 valence electrons. The number of hydrogen-bond donors (Lipinski definition) is 1. The van der Waals surface area contributed by atoms with Crippen molar-refractivity contribution in [2.75, 3.05) is 14.2 Å². The van der Waals surface area contributed by atoms with E-state index in [9.17, 15) is 4.79 Å². The van der Waals surface area contributed by atoms with Gasteiger partial charge in [0, 0.05) is 24.3 Å². The van der Waals surface area contributed by atoms with Gasteiger partial charge in [-0.25, -0.2) is 9.36 Å². The van der Waals surface area contributed by atoms with Gasteiger partial charge in [-0.15, -0.1) is 5.10 Å². The number of tetrazole rings is 1. The highest BCUT2D eigenvalue weighted by atomic mass is 16.5. The largest absolute Gasteiger partial charge is 0.494 e. The van der Waals surface area contributed by atoms with Crippen molar-refractivity contribution in [1.29, 1.82) is 0 Å². The van der Waals surface area contributed by atoms with Gasteiger partial charge in [0.15, 0.2) is 5.82 Å². The molecule has 2 aromatic heterocycles. The first-order chi connectivity index (χ1) is 14.0. The third-order valence-corrected chi connectivity index (χ3v) is 4.63. The van der Waals surface area contributed by atoms with Crippen molar-refractivity contribution >= 4 is 5.91 Å². The number of rotatable bonds is 9. The van der Waals surface area contributed by atoms with Gasteiger partial charge < -0.3 is 10.1 Å². The van der Waals surface area contributed by atoms with Crippen LogP contribution in [-0.2, 0) is 24.4 Å². The summed E-state index contributed by atoms with van der Waals surface area (Å²) >= 11 is 0. The van der Waals surface area contributed by atoms with Crippen LogP contribution < -0.4 is 10.1 Å². The Morgan fingerprint density at radius 3 is 2.86 bits per heavy atom. The highest BCUT2D eigenvalue weighted by molar-refractivity contribution is 5.75. The van der Waals surface area contributed by atoms with E-state index in [-0.39, 0.29) is 12.5 Å². The number of benzene rings is 1. The van der Waals surface area contributed by atoms with E-state index in [1.54, 1.807) is 18.0 Å². The number of para-hydroxylation sites is 2. The normalized spacial score (nSPS) is 11.2.